The summed E-state index contributed by atoms with van der Waals surface area (Å²) in [4.78, 5) is 31.1. The molecule has 3 aromatic carbocycles. The molecule has 9 heteroatoms. The van der Waals surface area contributed by atoms with E-state index in [9.17, 15) is 14.9 Å². The lowest BCUT2D eigenvalue weighted by atomic mass is 9.99. The topological polar surface area (TPSA) is 113 Å². The molecule has 5 rings (SSSR count). The first-order valence-corrected chi connectivity index (χ1v) is 10.8. The molecule has 0 spiro atoms. The van der Waals surface area contributed by atoms with Crippen molar-refractivity contribution in [3.63, 3.8) is 0 Å². The average Bonchev–Trinajstić information content (AvgIpc) is 3.46. The molecule has 0 fully saturated rings. The number of amides is 1. The van der Waals surface area contributed by atoms with E-state index in [0.717, 1.165) is 27.0 Å². The van der Waals surface area contributed by atoms with Crippen molar-refractivity contribution >= 4 is 50.2 Å². The largest absolute Gasteiger partial charge is 0.354 e. The fourth-order valence-electron chi connectivity index (χ4n) is 3.70. The molecule has 0 radical (unpaired) electrons. The third-order valence-electron chi connectivity index (χ3n) is 5.29. The number of H-pyrrole nitrogens is 1. The molecule has 0 saturated carbocycles. The standard InChI is InChI=1S/C24H16BrN5O3/c25-16-5-1-15(2-6-16)23(28-17-7-3-14(4-8-17)21-12-26-13-27-21)22-19-11-18(30(32)33)9-10-20(19)29-24(22)31/h1-13,28H,(H,26,27)(H,29,31)/b23-22-. The zero-order chi connectivity index (χ0) is 22.9. The highest BCUT2D eigenvalue weighted by molar-refractivity contribution is 9.10. The van der Waals surface area contributed by atoms with E-state index in [1.165, 1.54) is 12.1 Å². The Morgan fingerprint density at radius 3 is 2.45 bits per heavy atom. The fraction of sp³-hybridized carbons (Fsp3) is 0. The number of imidazole rings is 1. The summed E-state index contributed by atoms with van der Waals surface area (Å²) in [6.07, 6.45) is 3.43. The van der Waals surface area contributed by atoms with Crippen LogP contribution < -0.4 is 10.6 Å². The molecule has 0 saturated heterocycles. The molecule has 1 amide bonds. The lowest BCUT2D eigenvalue weighted by molar-refractivity contribution is -0.384. The second-order valence-corrected chi connectivity index (χ2v) is 8.27. The molecular weight excluding hydrogens is 486 g/mol. The van der Waals surface area contributed by atoms with Gasteiger partial charge in [-0.25, -0.2) is 4.98 Å². The van der Waals surface area contributed by atoms with Crippen molar-refractivity contribution in [2.75, 3.05) is 10.6 Å². The van der Waals surface area contributed by atoms with E-state index in [1.807, 2.05) is 54.7 Å². The Hall–Kier alpha value is -4.24. The minimum Gasteiger partial charge on any atom is -0.354 e. The molecule has 2 heterocycles. The number of anilines is 2. The van der Waals surface area contributed by atoms with Crippen molar-refractivity contribution in [3.05, 3.63) is 105 Å². The zero-order valence-corrected chi connectivity index (χ0v) is 18.6. The summed E-state index contributed by atoms with van der Waals surface area (Å²) in [6, 6.07) is 19.5. The summed E-state index contributed by atoms with van der Waals surface area (Å²) in [6.45, 7) is 0. The van der Waals surface area contributed by atoms with Gasteiger partial charge in [-0.3, -0.25) is 14.9 Å². The number of rotatable bonds is 5. The predicted octanol–water partition coefficient (Wildman–Crippen LogP) is 5.68. The molecule has 0 unspecified atom stereocenters. The van der Waals surface area contributed by atoms with Gasteiger partial charge in [-0.05, 0) is 35.9 Å². The number of aromatic amines is 1. The Kier molecular flexibility index (Phi) is 5.23. The second-order valence-electron chi connectivity index (χ2n) is 7.35. The molecular formula is C24H16BrN5O3. The highest BCUT2D eigenvalue weighted by Gasteiger charge is 2.30. The number of hydrogen-bond donors (Lipinski definition) is 3. The van der Waals surface area contributed by atoms with Crippen molar-refractivity contribution in [2.24, 2.45) is 0 Å². The number of aromatic nitrogens is 2. The zero-order valence-electron chi connectivity index (χ0n) is 17.0. The molecule has 1 aliphatic heterocycles. The van der Waals surface area contributed by atoms with Gasteiger partial charge in [0.25, 0.3) is 11.6 Å². The smallest absolute Gasteiger partial charge is 0.270 e. The maximum atomic E-state index is 13.0. The third-order valence-corrected chi connectivity index (χ3v) is 5.82. The number of non-ortho nitro benzene ring substituents is 1. The molecule has 3 N–H and O–H groups in total. The van der Waals surface area contributed by atoms with Gasteiger partial charge < -0.3 is 15.6 Å². The van der Waals surface area contributed by atoms with Crippen LogP contribution in [0.3, 0.4) is 0 Å². The van der Waals surface area contributed by atoms with Gasteiger partial charge in [0.1, 0.15) is 0 Å². The van der Waals surface area contributed by atoms with Crippen LogP contribution in [0.4, 0.5) is 17.1 Å². The summed E-state index contributed by atoms with van der Waals surface area (Å²) in [5, 5.41) is 17.5. The van der Waals surface area contributed by atoms with Gasteiger partial charge in [0.2, 0.25) is 0 Å². The molecule has 0 aliphatic carbocycles. The Labute approximate surface area is 196 Å². The number of carbonyl (C=O) groups excluding carboxylic acids is 1. The summed E-state index contributed by atoms with van der Waals surface area (Å²) in [5.74, 6) is -0.330. The summed E-state index contributed by atoms with van der Waals surface area (Å²) in [7, 11) is 0. The lowest BCUT2D eigenvalue weighted by Crippen LogP contribution is -2.10. The van der Waals surface area contributed by atoms with E-state index in [-0.39, 0.29) is 11.6 Å². The minimum atomic E-state index is -0.471. The van der Waals surface area contributed by atoms with Gasteiger partial charge in [0.05, 0.1) is 28.2 Å². The van der Waals surface area contributed by atoms with Crippen LogP contribution in [0.5, 0.6) is 0 Å². The highest BCUT2D eigenvalue weighted by atomic mass is 79.9. The number of fused-ring (bicyclic) bond motifs is 1. The van der Waals surface area contributed by atoms with Crippen LogP contribution in [0.1, 0.15) is 11.1 Å². The van der Waals surface area contributed by atoms with Crippen LogP contribution in [-0.4, -0.2) is 20.8 Å². The van der Waals surface area contributed by atoms with Crippen LogP contribution in [-0.2, 0) is 4.79 Å². The normalized spacial score (nSPS) is 13.9. The van der Waals surface area contributed by atoms with E-state index in [2.05, 4.69) is 36.5 Å². The molecule has 0 bridgehead atoms. The van der Waals surface area contributed by atoms with Gasteiger partial charge in [-0.15, -0.1) is 0 Å². The van der Waals surface area contributed by atoms with Gasteiger partial charge in [-0.1, -0.05) is 40.2 Å². The Balaban J connectivity index is 1.62. The van der Waals surface area contributed by atoms with Crippen molar-refractivity contribution in [3.8, 4) is 11.3 Å². The number of nitro groups is 1. The first kappa shape index (κ1) is 20.7. The summed E-state index contributed by atoms with van der Waals surface area (Å²) in [5.41, 5.74) is 5.10. The average molecular weight is 502 g/mol. The molecule has 4 aromatic rings. The second kappa shape index (κ2) is 8.36. The van der Waals surface area contributed by atoms with Gasteiger partial charge in [0.15, 0.2) is 0 Å². The molecule has 8 nitrogen and oxygen atoms in total. The molecule has 33 heavy (non-hydrogen) atoms. The van der Waals surface area contributed by atoms with E-state index < -0.39 is 4.92 Å². The number of benzene rings is 3. The Bertz CT molecular complexity index is 1400. The van der Waals surface area contributed by atoms with Gasteiger partial charge in [0, 0.05) is 45.3 Å². The van der Waals surface area contributed by atoms with Gasteiger partial charge in [-0.2, -0.15) is 0 Å². The first-order valence-electron chi connectivity index (χ1n) is 9.96. The monoisotopic (exact) mass is 501 g/mol. The SMILES string of the molecule is O=C1Nc2ccc([N+](=O)[O-])cc2/C1=C(/Nc1ccc(-c2c[nH]cn2)cc1)c1ccc(Br)cc1. The fourth-order valence-corrected chi connectivity index (χ4v) is 3.96. The summed E-state index contributed by atoms with van der Waals surface area (Å²) >= 11 is 3.44. The van der Waals surface area contributed by atoms with Crippen LogP contribution in [0.15, 0.2) is 83.7 Å². The number of nitrogens with one attached hydrogen (secondary N) is 3. The Morgan fingerprint density at radius 2 is 1.79 bits per heavy atom. The van der Waals surface area contributed by atoms with Crippen LogP contribution in [0.25, 0.3) is 22.5 Å². The number of nitrogens with zero attached hydrogens (tertiary/aromatic N) is 2. The molecule has 1 aliphatic rings. The maximum absolute atomic E-state index is 13.0. The molecule has 0 atom stereocenters. The number of hydrogen-bond acceptors (Lipinski definition) is 5. The highest BCUT2D eigenvalue weighted by Crippen LogP contribution is 2.39. The quantitative estimate of drug-likeness (QED) is 0.185. The first-order chi connectivity index (χ1) is 16.0. The Morgan fingerprint density at radius 1 is 1.03 bits per heavy atom. The van der Waals surface area contributed by atoms with E-state index in [1.54, 1.807) is 12.4 Å². The van der Waals surface area contributed by atoms with Crippen LogP contribution in [0.2, 0.25) is 0 Å². The van der Waals surface area contributed by atoms with Crippen molar-refractivity contribution in [1.82, 2.24) is 9.97 Å². The van der Waals surface area contributed by atoms with E-state index >= 15 is 0 Å². The van der Waals surface area contributed by atoms with Crippen molar-refractivity contribution in [1.29, 1.82) is 0 Å². The van der Waals surface area contributed by atoms with Crippen LogP contribution >= 0.6 is 15.9 Å². The number of halogens is 1. The van der Waals surface area contributed by atoms with Crippen molar-refractivity contribution < 1.29 is 9.72 Å². The van der Waals surface area contributed by atoms with Crippen LogP contribution in [0, 0.1) is 10.1 Å². The van der Waals surface area contributed by atoms with Gasteiger partial charge >= 0.3 is 0 Å². The third kappa shape index (κ3) is 4.01. The molecule has 1 aromatic heterocycles. The summed E-state index contributed by atoms with van der Waals surface area (Å²) < 4.78 is 0.894. The predicted molar refractivity (Wildman–Crippen MR) is 130 cm³/mol. The number of nitro benzene ring substituents is 1. The number of carbonyl (C=O) groups is 1. The maximum Gasteiger partial charge on any atom is 0.270 e. The molecule has 162 valence electrons. The lowest BCUT2D eigenvalue weighted by Gasteiger charge is -2.15. The van der Waals surface area contributed by atoms with E-state index in [0.29, 0.717) is 22.5 Å². The van der Waals surface area contributed by atoms with Crippen molar-refractivity contribution in [2.45, 2.75) is 0 Å². The van der Waals surface area contributed by atoms with E-state index in [4.69, 9.17) is 0 Å². The minimum absolute atomic E-state index is 0.0822.